The smallest absolute Gasteiger partial charge is 0.306 e. The van der Waals surface area contributed by atoms with Crippen LogP contribution in [0.3, 0.4) is 0 Å². The Morgan fingerprint density at radius 3 is 1.39 bits per heavy atom. The predicted molar refractivity (Wildman–Crippen MR) is 216 cm³/mol. The van der Waals surface area contributed by atoms with Gasteiger partial charge in [0, 0.05) is 12.8 Å². The van der Waals surface area contributed by atoms with Gasteiger partial charge in [0.15, 0.2) is 6.10 Å². The van der Waals surface area contributed by atoms with E-state index >= 15 is 0 Å². The van der Waals surface area contributed by atoms with Crippen molar-refractivity contribution in [3.8, 4) is 0 Å². The molecule has 51 heavy (non-hydrogen) atoms. The second-order valence-electron chi connectivity index (χ2n) is 14.2. The molecule has 2 atom stereocenters. The zero-order chi connectivity index (χ0) is 37.3. The van der Waals surface area contributed by atoms with Crippen LogP contribution in [0.1, 0.15) is 200 Å². The van der Waals surface area contributed by atoms with Gasteiger partial charge in [-0.2, -0.15) is 0 Å². The Bertz CT molecular complexity index is 876. The molecule has 0 saturated heterocycles. The predicted octanol–water partition coefficient (Wildman–Crippen LogP) is 12.4. The first kappa shape index (κ1) is 48.8. The molecule has 6 nitrogen and oxygen atoms in total. The molecule has 0 rings (SSSR count). The van der Waals surface area contributed by atoms with Crippen LogP contribution < -0.4 is 0 Å². The van der Waals surface area contributed by atoms with E-state index in [-0.39, 0.29) is 37.7 Å². The summed E-state index contributed by atoms with van der Waals surface area (Å²) in [4.78, 5) is 24.3. The Morgan fingerprint density at radius 2 is 0.941 bits per heavy atom. The highest BCUT2D eigenvalue weighted by atomic mass is 16.6. The molecule has 0 unspecified atom stereocenters. The Hall–Kier alpha value is -2.18. The lowest BCUT2D eigenvalue weighted by molar-refractivity contribution is -0.161. The molecule has 0 aliphatic rings. The second kappa shape index (κ2) is 40.6. The Labute approximate surface area is 314 Å². The van der Waals surface area contributed by atoms with Crippen LogP contribution in [0.4, 0.5) is 0 Å². The zero-order valence-electron chi connectivity index (χ0n) is 33.2. The van der Waals surface area contributed by atoms with Crippen molar-refractivity contribution in [3.05, 3.63) is 48.6 Å². The molecule has 0 aromatic carbocycles. The van der Waals surface area contributed by atoms with Gasteiger partial charge in [-0.05, 0) is 57.8 Å². The highest BCUT2D eigenvalue weighted by Gasteiger charge is 2.16. The standard InChI is InChI=1S/C45H80O6/c1-3-5-6-7-8-9-10-11-12-13-14-15-16-20-23-26-29-32-35-38-44(48)50-41-43(40-46)51-45(49)39-36-33-30-27-24-21-18-17-19-22-25-28-31-34-37-42(47)4-2/h18-19,21-22,27-28,30-31,42-43,46-47H,3-17,20,23-26,29,32-41H2,1-2H3/b21-18-,22-19-,30-27-,31-28-/t42-,43+/m1/s1. The molecule has 0 aliphatic carbocycles. The summed E-state index contributed by atoms with van der Waals surface area (Å²) < 4.78 is 10.6. The average molecular weight is 717 g/mol. The van der Waals surface area contributed by atoms with Crippen molar-refractivity contribution < 1.29 is 29.3 Å². The number of rotatable bonds is 38. The Morgan fingerprint density at radius 1 is 0.529 bits per heavy atom. The summed E-state index contributed by atoms with van der Waals surface area (Å²) >= 11 is 0. The number of aliphatic hydroxyl groups excluding tert-OH is 2. The quantitative estimate of drug-likeness (QED) is 0.0375. The van der Waals surface area contributed by atoms with Gasteiger partial charge in [0.2, 0.25) is 0 Å². The SMILES string of the molecule is CCCCCCCCCCCCCCCCCCCCCC(=O)OC[C@H](CO)OC(=O)CCC/C=C\C/C=C\C/C=C\C/C=C\CC[C@H](O)CC. The van der Waals surface area contributed by atoms with Gasteiger partial charge in [0.25, 0.3) is 0 Å². The van der Waals surface area contributed by atoms with Crippen LogP contribution in [0.15, 0.2) is 48.6 Å². The minimum absolute atomic E-state index is 0.0949. The third kappa shape index (κ3) is 38.9. The van der Waals surface area contributed by atoms with Crippen LogP contribution in [-0.4, -0.2) is 47.6 Å². The highest BCUT2D eigenvalue weighted by Crippen LogP contribution is 2.15. The lowest BCUT2D eigenvalue weighted by Gasteiger charge is -2.15. The molecule has 0 aromatic rings. The number of carbonyl (C=O) groups excluding carboxylic acids is 2. The molecule has 0 aliphatic heterocycles. The van der Waals surface area contributed by atoms with Crippen molar-refractivity contribution in [1.29, 1.82) is 0 Å². The van der Waals surface area contributed by atoms with Gasteiger partial charge < -0.3 is 19.7 Å². The fourth-order valence-corrected chi connectivity index (χ4v) is 5.88. The number of hydrogen-bond donors (Lipinski definition) is 2. The molecular weight excluding hydrogens is 636 g/mol. The van der Waals surface area contributed by atoms with Crippen molar-refractivity contribution in [2.75, 3.05) is 13.2 Å². The zero-order valence-corrected chi connectivity index (χ0v) is 33.2. The van der Waals surface area contributed by atoms with Crippen molar-refractivity contribution in [3.63, 3.8) is 0 Å². The number of allylic oxidation sites excluding steroid dienone is 8. The molecule has 0 amide bonds. The third-order valence-corrected chi connectivity index (χ3v) is 9.29. The van der Waals surface area contributed by atoms with Gasteiger partial charge in [0.1, 0.15) is 6.61 Å². The number of esters is 2. The largest absolute Gasteiger partial charge is 0.462 e. The maximum Gasteiger partial charge on any atom is 0.306 e. The molecular formula is C45H80O6. The molecule has 0 aromatic heterocycles. The van der Waals surface area contributed by atoms with E-state index in [4.69, 9.17) is 9.47 Å². The van der Waals surface area contributed by atoms with Crippen molar-refractivity contribution in [2.24, 2.45) is 0 Å². The van der Waals surface area contributed by atoms with E-state index in [1.54, 1.807) is 0 Å². The highest BCUT2D eigenvalue weighted by molar-refractivity contribution is 5.70. The summed E-state index contributed by atoms with van der Waals surface area (Å²) in [5, 5.41) is 19.1. The number of hydrogen-bond acceptors (Lipinski definition) is 6. The van der Waals surface area contributed by atoms with Crippen LogP contribution >= 0.6 is 0 Å². The minimum Gasteiger partial charge on any atom is -0.462 e. The van der Waals surface area contributed by atoms with Gasteiger partial charge in [-0.25, -0.2) is 0 Å². The van der Waals surface area contributed by atoms with Crippen molar-refractivity contribution in [2.45, 2.75) is 212 Å². The monoisotopic (exact) mass is 717 g/mol. The van der Waals surface area contributed by atoms with E-state index < -0.39 is 6.10 Å². The normalized spacial score (nSPS) is 13.3. The summed E-state index contributed by atoms with van der Waals surface area (Å²) in [6, 6.07) is 0. The second-order valence-corrected chi connectivity index (χ2v) is 14.2. The molecule has 296 valence electrons. The molecule has 0 saturated carbocycles. The molecule has 0 radical (unpaired) electrons. The number of ether oxygens (including phenoxy) is 2. The lowest BCUT2D eigenvalue weighted by atomic mass is 10.0. The van der Waals surface area contributed by atoms with Crippen LogP contribution in [-0.2, 0) is 19.1 Å². The van der Waals surface area contributed by atoms with Crippen LogP contribution in [0, 0.1) is 0 Å². The Kier molecular flexibility index (Phi) is 38.9. The van der Waals surface area contributed by atoms with E-state index in [0.29, 0.717) is 12.8 Å². The van der Waals surface area contributed by atoms with E-state index in [1.165, 1.54) is 103 Å². The van der Waals surface area contributed by atoms with Crippen LogP contribution in [0.2, 0.25) is 0 Å². The molecule has 0 bridgehead atoms. The van der Waals surface area contributed by atoms with E-state index in [0.717, 1.165) is 64.2 Å². The van der Waals surface area contributed by atoms with E-state index in [9.17, 15) is 19.8 Å². The summed E-state index contributed by atoms with van der Waals surface area (Å²) in [7, 11) is 0. The first-order valence-electron chi connectivity index (χ1n) is 21.3. The van der Waals surface area contributed by atoms with Crippen molar-refractivity contribution >= 4 is 11.9 Å². The maximum absolute atomic E-state index is 12.2. The van der Waals surface area contributed by atoms with Gasteiger partial charge in [-0.1, -0.05) is 178 Å². The van der Waals surface area contributed by atoms with Gasteiger partial charge >= 0.3 is 11.9 Å². The molecule has 6 heteroatoms. The topological polar surface area (TPSA) is 93.1 Å². The first-order chi connectivity index (χ1) is 25.0. The summed E-state index contributed by atoms with van der Waals surface area (Å²) in [6.45, 7) is 3.82. The van der Waals surface area contributed by atoms with Gasteiger partial charge in [-0.15, -0.1) is 0 Å². The molecule has 0 spiro atoms. The number of unbranched alkanes of at least 4 members (excludes halogenated alkanes) is 19. The first-order valence-corrected chi connectivity index (χ1v) is 21.3. The Balaban J connectivity index is 3.62. The molecule has 0 fully saturated rings. The summed E-state index contributed by atoms with van der Waals surface area (Å²) in [5.41, 5.74) is 0. The van der Waals surface area contributed by atoms with Crippen LogP contribution in [0.25, 0.3) is 0 Å². The summed E-state index contributed by atoms with van der Waals surface area (Å²) in [5.74, 6) is -0.670. The summed E-state index contributed by atoms with van der Waals surface area (Å²) in [6.07, 6.45) is 48.4. The number of carbonyl (C=O) groups is 2. The maximum atomic E-state index is 12.2. The minimum atomic E-state index is -0.808. The van der Waals surface area contributed by atoms with Crippen molar-refractivity contribution in [1.82, 2.24) is 0 Å². The van der Waals surface area contributed by atoms with E-state index in [2.05, 4.69) is 55.5 Å². The average Bonchev–Trinajstić information content (AvgIpc) is 3.13. The lowest BCUT2D eigenvalue weighted by Crippen LogP contribution is -2.28. The van der Waals surface area contributed by atoms with Gasteiger partial charge in [0.05, 0.1) is 12.7 Å². The number of aliphatic hydroxyl groups is 2. The fraction of sp³-hybridized carbons (Fsp3) is 0.778. The van der Waals surface area contributed by atoms with E-state index in [1.807, 2.05) is 6.92 Å². The van der Waals surface area contributed by atoms with Crippen LogP contribution in [0.5, 0.6) is 0 Å². The fourth-order valence-electron chi connectivity index (χ4n) is 5.88. The van der Waals surface area contributed by atoms with Gasteiger partial charge in [-0.3, -0.25) is 9.59 Å². The molecule has 0 heterocycles. The third-order valence-electron chi connectivity index (χ3n) is 9.29. The molecule has 2 N–H and O–H groups in total.